The molecule has 0 fully saturated rings. The molecule has 3 heteroatoms. The Morgan fingerprint density at radius 2 is 1.60 bits per heavy atom. The standard InChI is InChI=1S/C17H20BrNO/c1-12(14-8-10-15(18)11-9-14)19-13(2)16-6-4-5-7-17(16)20-3/h4-13,19H,1-3H3/t12-,13?/m0/s1. The Morgan fingerprint density at radius 3 is 2.25 bits per heavy atom. The largest absolute Gasteiger partial charge is 0.496 e. The minimum absolute atomic E-state index is 0.227. The van der Waals surface area contributed by atoms with Crippen molar-refractivity contribution < 1.29 is 4.74 Å². The van der Waals surface area contributed by atoms with E-state index in [0.717, 1.165) is 10.2 Å². The average Bonchev–Trinajstić information content (AvgIpc) is 2.47. The van der Waals surface area contributed by atoms with Crippen molar-refractivity contribution in [1.29, 1.82) is 0 Å². The van der Waals surface area contributed by atoms with Gasteiger partial charge in [0.25, 0.3) is 0 Å². The van der Waals surface area contributed by atoms with Crippen LogP contribution in [0.4, 0.5) is 0 Å². The lowest BCUT2D eigenvalue weighted by Crippen LogP contribution is -2.22. The maximum absolute atomic E-state index is 5.42. The van der Waals surface area contributed by atoms with E-state index >= 15 is 0 Å². The molecule has 0 bridgehead atoms. The Hall–Kier alpha value is -1.32. The summed E-state index contributed by atoms with van der Waals surface area (Å²) in [4.78, 5) is 0. The molecule has 1 unspecified atom stereocenters. The predicted octanol–water partition coefficient (Wildman–Crippen LogP) is 4.87. The summed E-state index contributed by atoms with van der Waals surface area (Å²) >= 11 is 3.46. The van der Waals surface area contributed by atoms with E-state index in [2.05, 4.69) is 65.4 Å². The van der Waals surface area contributed by atoms with Crippen LogP contribution in [0.1, 0.15) is 37.1 Å². The Balaban J connectivity index is 2.10. The molecule has 0 aromatic heterocycles. The molecular weight excluding hydrogens is 314 g/mol. The van der Waals surface area contributed by atoms with Crippen LogP contribution in [0.3, 0.4) is 0 Å². The van der Waals surface area contributed by atoms with Crippen LogP contribution in [0.2, 0.25) is 0 Å². The molecule has 1 N–H and O–H groups in total. The van der Waals surface area contributed by atoms with Crippen LogP contribution in [0, 0.1) is 0 Å². The van der Waals surface area contributed by atoms with Crippen LogP contribution < -0.4 is 10.1 Å². The fourth-order valence-corrected chi connectivity index (χ4v) is 2.60. The molecule has 106 valence electrons. The van der Waals surface area contributed by atoms with E-state index in [1.807, 2.05) is 18.2 Å². The summed E-state index contributed by atoms with van der Waals surface area (Å²) in [5.74, 6) is 0.926. The smallest absolute Gasteiger partial charge is 0.123 e. The lowest BCUT2D eigenvalue weighted by Gasteiger charge is -2.22. The minimum Gasteiger partial charge on any atom is -0.496 e. The molecule has 0 aliphatic carbocycles. The van der Waals surface area contributed by atoms with Crippen molar-refractivity contribution in [1.82, 2.24) is 5.32 Å². The van der Waals surface area contributed by atoms with Crippen molar-refractivity contribution in [2.75, 3.05) is 7.11 Å². The minimum atomic E-state index is 0.227. The van der Waals surface area contributed by atoms with E-state index in [0.29, 0.717) is 0 Å². The third kappa shape index (κ3) is 3.62. The Bertz CT molecular complexity index is 553. The zero-order valence-corrected chi connectivity index (χ0v) is 13.6. The number of halogens is 1. The number of rotatable bonds is 5. The first-order valence-corrected chi connectivity index (χ1v) is 7.55. The maximum atomic E-state index is 5.42. The lowest BCUT2D eigenvalue weighted by atomic mass is 10.0. The highest BCUT2D eigenvalue weighted by Gasteiger charge is 2.14. The lowest BCUT2D eigenvalue weighted by molar-refractivity contribution is 0.396. The second-order valence-electron chi connectivity index (χ2n) is 4.90. The van der Waals surface area contributed by atoms with Gasteiger partial charge in [0, 0.05) is 22.1 Å². The van der Waals surface area contributed by atoms with Crippen LogP contribution in [0.5, 0.6) is 5.75 Å². The normalized spacial score (nSPS) is 13.8. The van der Waals surface area contributed by atoms with E-state index in [1.165, 1.54) is 11.1 Å². The van der Waals surface area contributed by atoms with Gasteiger partial charge >= 0.3 is 0 Å². The maximum Gasteiger partial charge on any atom is 0.123 e. The Labute approximate surface area is 129 Å². The average molecular weight is 334 g/mol. The van der Waals surface area contributed by atoms with Crippen LogP contribution >= 0.6 is 15.9 Å². The predicted molar refractivity (Wildman–Crippen MR) is 87.1 cm³/mol. The summed E-state index contributed by atoms with van der Waals surface area (Å²) in [5, 5.41) is 3.61. The Kier molecular flexibility index (Phi) is 5.21. The van der Waals surface area contributed by atoms with Crippen LogP contribution in [0.25, 0.3) is 0 Å². The third-order valence-electron chi connectivity index (χ3n) is 3.48. The van der Waals surface area contributed by atoms with E-state index in [1.54, 1.807) is 7.11 Å². The van der Waals surface area contributed by atoms with Gasteiger partial charge in [-0.3, -0.25) is 0 Å². The highest BCUT2D eigenvalue weighted by atomic mass is 79.9. The molecule has 0 radical (unpaired) electrons. The molecular formula is C17H20BrNO. The molecule has 0 amide bonds. The number of ether oxygens (including phenoxy) is 1. The fourth-order valence-electron chi connectivity index (χ4n) is 2.34. The van der Waals surface area contributed by atoms with Crippen molar-refractivity contribution >= 4 is 15.9 Å². The second kappa shape index (κ2) is 6.91. The van der Waals surface area contributed by atoms with Crippen molar-refractivity contribution in [3.8, 4) is 5.75 Å². The second-order valence-corrected chi connectivity index (χ2v) is 5.82. The zero-order chi connectivity index (χ0) is 14.5. The molecule has 0 aliphatic rings. The van der Waals surface area contributed by atoms with Gasteiger partial charge in [-0.2, -0.15) is 0 Å². The van der Waals surface area contributed by atoms with Crippen LogP contribution in [-0.4, -0.2) is 7.11 Å². The summed E-state index contributed by atoms with van der Waals surface area (Å²) in [6.45, 7) is 4.34. The summed E-state index contributed by atoms with van der Waals surface area (Å²) < 4.78 is 6.53. The zero-order valence-electron chi connectivity index (χ0n) is 12.1. The number of methoxy groups -OCH3 is 1. The number of hydrogen-bond acceptors (Lipinski definition) is 2. The molecule has 0 saturated heterocycles. The van der Waals surface area contributed by atoms with E-state index < -0.39 is 0 Å². The van der Waals surface area contributed by atoms with E-state index in [9.17, 15) is 0 Å². The summed E-state index contributed by atoms with van der Waals surface area (Å²) in [5.41, 5.74) is 2.45. The van der Waals surface area contributed by atoms with Gasteiger partial charge in [-0.05, 0) is 37.6 Å². The summed E-state index contributed by atoms with van der Waals surface area (Å²) in [6, 6.07) is 17.1. The first kappa shape index (κ1) is 15.1. The van der Waals surface area contributed by atoms with Gasteiger partial charge in [0.05, 0.1) is 7.11 Å². The molecule has 2 aromatic carbocycles. The highest BCUT2D eigenvalue weighted by Crippen LogP contribution is 2.27. The van der Waals surface area contributed by atoms with Crippen molar-refractivity contribution in [3.05, 3.63) is 64.1 Å². The number of para-hydroxylation sites is 1. The van der Waals surface area contributed by atoms with Gasteiger partial charge in [-0.15, -0.1) is 0 Å². The number of hydrogen-bond donors (Lipinski definition) is 1. The van der Waals surface area contributed by atoms with E-state index in [-0.39, 0.29) is 12.1 Å². The fraction of sp³-hybridized carbons (Fsp3) is 0.294. The SMILES string of the molecule is COc1ccccc1C(C)N[C@@H](C)c1ccc(Br)cc1. The first-order chi connectivity index (χ1) is 9.61. The van der Waals surface area contributed by atoms with Crippen LogP contribution in [-0.2, 0) is 0 Å². The topological polar surface area (TPSA) is 21.3 Å². The molecule has 20 heavy (non-hydrogen) atoms. The van der Waals surface area contributed by atoms with Crippen molar-refractivity contribution in [2.24, 2.45) is 0 Å². The molecule has 2 nitrogen and oxygen atoms in total. The molecule has 2 rings (SSSR count). The molecule has 0 spiro atoms. The molecule has 2 atom stereocenters. The van der Waals surface area contributed by atoms with Crippen molar-refractivity contribution in [2.45, 2.75) is 25.9 Å². The molecule has 2 aromatic rings. The van der Waals surface area contributed by atoms with Gasteiger partial charge in [0.15, 0.2) is 0 Å². The van der Waals surface area contributed by atoms with Gasteiger partial charge in [0.2, 0.25) is 0 Å². The molecule has 0 saturated carbocycles. The molecule has 0 heterocycles. The quantitative estimate of drug-likeness (QED) is 0.842. The van der Waals surface area contributed by atoms with E-state index in [4.69, 9.17) is 4.74 Å². The highest BCUT2D eigenvalue weighted by molar-refractivity contribution is 9.10. The third-order valence-corrected chi connectivity index (χ3v) is 4.00. The Morgan fingerprint density at radius 1 is 0.950 bits per heavy atom. The molecule has 0 aliphatic heterocycles. The van der Waals surface area contributed by atoms with Gasteiger partial charge in [0.1, 0.15) is 5.75 Å². The first-order valence-electron chi connectivity index (χ1n) is 6.76. The number of nitrogens with one attached hydrogen (secondary N) is 1. The van der Waals surface area contributed by atoms with Gasteiger partial charge in [-0.1, -0.05) is 46.3 Å². The summed E-state index contributed by atoms with van der Waals surface area (Å²) in [6.07, 6.45) is 0. The van der Waals surface area contributed by atoms with Crippen molar-refractivity contribution in [3.63, 3.8) is 0 Å². The van der Waals surface area contributed by atoms with Gasteiger partial charge < -0.3 is 10.1 Å². The van der Waals surface area contributed by atoms with Crippen LogP contribution in [0.15, 0.2) is 53.0 Å². The summed E-state index contributed by atoms with van der Waals surface area (Å²) in [7, 11) is 1.71. The number of benzene rings is 2. The monoisotopic (exact) mass is 333 g/mol. The van der Waals surface area contributed by atoms with Gasteiger partial charge in [-0.25, -0.2) is 0 Å².